The maximum Gasteiger partial charge on any atom is 0.330 e. The lowest BCUT2D eigenvalue weighted by molar-refractivity contribution is -0.144. The number of aliphatic carboxylic acids is 1. The number of fused-ring (bicyclic) bond motifs is 1. The number of aryl methyl sites for hydroxylation is 1. The van der Waals surface area contributed by atoms with Crippen molar-refractivity contribution in [3.05, 3.63) is 70.0 Å². The first-order chi connectivity index (χ1) is 12.4. The summed E-state index contributed by atoms with van der Waals surface area (Å²) in [5.41, 5.74) is 2.41. The molecule has 0 spiro atoms. The molecule has 136 valence electrons. The third-order valence-electron chi connectivity index (χ3n) is 5.07. The zero-order valence-corrected chi connectivity index (χ0v) is 14.9. The highest BCUT2D eigenvalue weighted by Crippen LogP contribution is 2.32. The van der Waals surface area contributed by atoms with E-state index in [1.807, 2.05) is 19.9 Å². The van der Waals surface area contributed by atoms with Crippen LogP contribution in [-0.4, -0.2) is 22.5 Å². The summed E-state index contributed by atoms with van der Waals surface area (Å²) >= 11 is 0. The topological polar surface area (TPSA) is 66.4 Å². The van der Waals surface area contributed by atoms with Crippen LogP contribution >= 0.6 is 0 Å². The van der Waals surface area contributed by atoms with E-state index in [0.29, 0.717) is 11.1 Å². The van der Waals surface area contributed by atoms with E-state index in [9.17, 15) is 19.1 Å². The number of carbonyl (C=O) groups excluding carboxylic acids is 1. The Morgan fingerprint density at radius 1 is 1.19 bits per heavy atom. The fourth-order valence-electron chi connectivity index (χ4n) is 3.72. The summed E-state index contributed by atoms with van der Waals surface area (Å²) in [6, 6.07) is 9.74. The van der Waals surface area contributed by atoms with Gasteiger partial charge in [0.2, 0.25) is 0 Å². The number of carbonyl (C=O) groups is 2. The van der Waals surface area contributed by atoms with Gasteiger partial charge in [-0.1, -0.05) is 31.5 Å². The van der Waals surface area contributed by atoms with Gasteiger partial charge in [0.15, 0.2) is 0 Å². The smallest absolute Gasteiger partial charge is 0.330 e. The van der Waals surface area contributed by atoms with Crippen LogP contribution in [0.5, 0.6) is 0 Å². The molecule has 3 rings (SSSR count). The van der Waals surface area contributed by atoms with E-state index in [0.717, 1.165) is 29.5 Å². The second kappa shape index (κ2) is 6.90. The number of rotatable bonds is 5. The molecule has 4 nitrogen and oxygen atoms in total. The minimum absolute atomic E-state index is 0.0795. The fourth-order valence-corrected chi connectivity index (χ4v) is 3.72. The van der Waals surface area contributed by atoms with E-state index < -0.39 is 23.2 Å². The maximum absolute atomic E-state index is 13.5. The van der Waals surface area contributed by atoms with E-state index in [2.05, 4.69) is 5.32 Å². The van der Waals surface area contributed by atoms with Gasteiger partial charge in [0.25, 0.3) is 5.91 Å². The van der Waals surface area contributed by atoms with E-state index in [4.69, 9.17) is 0 Å². The predicted octanol–water partition coefficient (Wildman–Crippen LogP) is 3.44. The molecule has 0 aromatic heterocycles. The Kier molecular flexibility index (Phi) is 4.81. The lowest BCUT2D eigenvalue weighted by Crippen LogP contribution is -2.55. The minimum atomic E-state index is -1.44. The number of benzene rings is 2. The molecule has 0 radical (unpaired) electrons. The summed E-state index contributed by atoms with van der Waals surface area (Å²) in [5.74, 6) is -1.90. The molecule has 1 unspecified atom stereocenters. The summed E-state index contributed by atoms with van der Waals surface area (Å²) in [6.07, 6.45) is 1.87. The first-order valence-electron chi connectivity index (χ1n) is 8.78. The molecule has 0 aliphatic heterocycles. The van der Waals surface area contributed by atoms with E-state index in [1.54, 1.807) is 18.2 Å². The molecule has 1 aliphatic carbocycles. The van der Waals surface area contributed by atoms with Gasteiger partial charge in [0, 0.05) is 18.4 Å². The predicted molar refractivity (Wildman–Crippen MR) is 96.8 cm³/mol. The van der Waals surface area contributed by atoms with Crippen LogP contribution in [0.1, 0.15) is 46.0 Å². The number of amides is 1. The molecule has 1 aliphatic rings. The van der Waals surface area contributed by atoms with E-state index in [-0.39, 0.29) is 12.8 Å². The second-order valence-corrected chi connectivity index (χ2v) is 6.96. The zero-order chi connectivity index (χ0) is 18.9. The molecular weight excluding hydrogens is 333 g/mol. The van der Waals surface area contributed by atoms with E-state index >= 15 is 0 Å². The Balaban J connectivity index is 1.93. The highest BCUT2D eigenvalue weighted by atomic mass is 19.1. The molecule has 0 bridgehead atoms. The molecule has 2 N–H and O–H groups in total. The van der Waals surface area contributed by atoms with Gasteiger partial charge in [-0.05, 0) is 53.8 Å². The van der Waals surface area contributed by atoms with Crippen molar-refractivity contribution in [1.82, 2.24) is 5.32 Å². The Morgan fingerprint density at radius 2 is 1.92 bits per heavy atom. The summed E-state index contributed by atoms with van der Waals surface area (Å²) < 4.78 is 13.5. The van der Waals surface area contributed by atoms with Crippen molar-refractivity contribution in [2.75, 3.05) is 0 Å². The van der Waals surface area contributed by atoms with Crippen LogP contribution in [0, 0.1) is 12.7 Å². The third-order valence-corrected chi connectivity index (χ3v) is 5.07. The molecule has 0 fully saturated rings. The van der Waals surface area contributed by atoms with Crippen molar-refractivity contribution in [2.24, 2.45) is 0 Å². The van der Waals surface area contributed by atoms with Gasteiger partial charge in [-0.25, -0.2) is 9.18 Å². The second-order valence-electron chi connectivity index (χ2n) is 6.96. The van der Waals surface area contributed by atoms with Gasteiger partial charge in [0.05, 0.1) is 0 Å². The number of halogens is 1. The molecule has 1 amide bonds. The number of nitrogens with one attached hydrogen (secondary N) is 1. The highest BCUT2D eigenvalue weighted by molar-refractivity contribution is 5.99. The average molecular weight is 355 g/mol. The van der Waals surface area contributed by atoms with Crippen LogP contribution in [0.4, 0.5) is 4.39 Å². The van der Waals surface area contributed by atoms with Gasteiger partial charge >= 0.3 is 5.97 Å². The molecule has 2 aromatic rings. The SMILES string of the molecule is CCCc1c(C)cccc1C(=O)NC1(C(=O)O)Cc2ccc(F)cc2C1. The van der Waals surface area contributed by atoms with Crippen LogP contribution < -0.4 is 5.32 Å². The largest absolute Gasteiger partial charge is 0.479 e. The molecule has 0 saturated carbocycles. The number of carboxylic acid groups (broad SMARTS) is 1. The summed E-state index contributed by atoms with van der Waals surface area (Å²) in [7, 11) is 0. The summed E-state index contributed by atoms with van der Waals surface area (Å²) in [4.78, 5) is 24.9. The summed E-state index contributed by atoms with van der Waals surface area (Å²) in [6.45, 7) is 3.98. The monoisotopic (exact) mass is 355 g/mol. The minimum Gasteiger partial charge on any atom is -0.479 e. The average Bonchev–Trinajstić information content (AvgIpc) is 2.95. The lowest BCUT2D eigenvalue weighted by Gasteiger charge is -2.26. The van der Waals surface area contributed by atoms with Crippen molar-refractivity contribution in [3.63, 3.8) is 0 Å². The molecule has 0 heterocycles. The van der Waals surface area contributed by atoms with Crippen molar-refractivity contribution >= 4 is 11.9 Å². The van der Waals surface area contributed by atoms with E-state index in [1.165, 1.54) is 12.1 Å². The van der Waals surface area contributed by atoms with Gasteiger partial charge in [-0.15, -0.1) is 0 Å². The first kappa shape index (κ1) is 18.1. The van der Waals surface area contributed by atoms with Crippen LogP contribution in [-0.2, 0) is 24.1 Å². The van der Waals surface area contributed by atoms with Gasteiger partial charge in [-0.2, -0.15) is 0 Å². The van der Waals surface area contributed by atoms with Gasteiger partial charge in [0.1, 0.15) is 11.4 Å². The normalized spacial score (nSPS) is 18.4. The lowest BCUT2D eigenvalue weighted by atomic mass is 9.93. The molecule has 0 saturated heterocycles. The van der Waals surface area contributed by atoms with Crippen molar-refractivity contribution in [1.29, 1.82) is 0 Å². The van der Waals surface area contributed by atoms with Crippen molar-refractivity contribution in [2.45, 2.75) is 45.1 Å². The summed E-state index contributed by atoms with van der Waals surface area (Å²) in [5, 5.41) is 12.6. The molecular formula is C21H22FNO3. The Bertz CT molecular complexity index is 878. The Morgan fingerprint density at radius 3 is 2.62 bits per heavy atom. The molecule has 2 aromatic carbocycles. The number of hydrogen-bond acceptors (Lipinski definition) is 2. The zero-order valence-electron chi connectivity index (χ0n) is 14.9. The maximum atomic E-state index is 13.5. The van der Waals surface area contributed by atoms with Crippen molar-refractivity contribution in [3.8, 4) is 0 Å². The molecule has 1 atom stereocenters. The van der Waals surface area contributed by atoms with Crippen LogP contribution in [0.2, 0.25) is 0 Å². The Labute approximate surface area is 152 Å². The molecule has 5 heteroatoms. The first-order valence-corrected chi connectivity index (χ1v) is 8.78. The highest BCUT2D eigenvalue weighted by Gasteiger charge is 2.45. The molecule has 26 heavy (non-hydrogen) atoms. The van der Waals surface area contributed by atoms with Gasteiger partial charge in [-0.3, -0.25) is 4.79 Å². The van der Waals surface area contributed by atoms with Gasteiger partial charge < -0.3 is 10.4 Å². The van der Waals surface area contributed by atoms with Crippen LogP contribution in [0.25, 0.3) is 0 Å². The quantitative estimate of drug-likeness (QED) is 0.863. The van der Waals surface area contributed by atoms with Crippen molar-refractivity contribution < 1.29 is 19.1 Å². The van der Waals surface area contributed by atoms with Crippen LogP contribution in [0.15, 0.2) is 36.4 Å². The Hall–Kier alpha value is -2.69. The number of carboxylic acids is 1. The third kappa shape index (κ3) is 3.21. The van der Waals surface area contributed by atoms with Crippen LogP contribution in [0.3, 0.4) is 0 Å². The standard InChI is InChI=1S/C21H22FNO3/c1-3-5-17-13(2)6-4-7-18(17)19(24)23-21(20(25)26)11-14-8-9-16(22)10-15(14)12-21/h4,6-10H,3,5,11-12H2,1-2H3,(H,23,24)(H,25,26). The fraction of sp³-hybridized carbons (Fsp3) is 0.333. The number of hydrogen-bond donors (Lipinski definition) is 2.